The molecule has 1 rings (SSSR count). The van der Waals surface area contributed by atoms with Gasteiger partial charge in [-0.3, -0.25) is 4.79 Å². The van der Waals surface area contributed by atoms with Gasteiger partial charge < -0.3 is 19.6 Å². The van der Waals surface area contributed by atoms with E-state index in [2.05, 4.69) is 6.58 Å². The van der Waals surface area contributed by atoms with E-state index in [9.17, 15) is 9.59 Å². The van der Waals surface area contributed by atoms with Gasteiger partial charge in [-0.05, 0) is 7.05 Å². The van der Waals surface area contributed by atoms with Crippen LogP contribution in [0.5, 0.6) is 0 Å². The van der Waals surface area contributed by atoms with E-state index in [1.54, 1.807) is 0 Å². The van der Waals surface area contributed by atoms with Gasteiger partial charge in [0.1, 0.15) is 6.61 Å². The van der Waals surface area contributed by atoms with Crippen molar-refractivity contribution in [3.63, 3.8) is 0 Å². The van der Waals surface area contributed by atoms with E-state index in [0.717, 1.165) is 0 Å². The highest BCUT2D eigenvalue weighted by Gasteiger charge is 2.29. The molecule has 1 unspecified atom stereocenters. The number of hydrogen-bond acceptors (Lipinski definition) is 4. The van der Waals surface area contributed by atoms with Crippen molar-refractivity contribution in [1.29, 1.82) is 0 Å². The second kappa shape index (κ2) is 6.24. The number of rotatable bonds is 3. The van der Waals surface area contributed by atoms with Crippen LogP contribution in [0, 0.1) is 5.92 Å². The number of hydrogen-bond donors (Lipinski definition) is 1. The average Bonchev–Trinajstić information content (AvgIpc) is 2.48. The van der Waals surface area contributed by atoms with Crippen molar-refractivity contribution in [3.8, 4) is 0 Å². The van der Waals surface area contributed by atoms with Crippen LogP contribution in [0.4, 0.5) is 4.79 Å². The maximum atomic E-state index is 11.6. The van der Waals surface area contributed by atoms with E-state index >= 15 is 0 Å². The molecule has 0 aromatic carbocycles. The van der Waals surface area contributed by atoms with Crippen LogP contribution in [0.25, 0.3) is 0 Å². The first-order valence-corrected chi connectivity index (χ1v) is 5.48. The molecule has 0 aromatic heterocycles. The second-order valence-corrected chi connectivity index (χ2v) is 4.11. The molecule has 1 atom stereocenters. The number of ether oxygens (including phenoxy) is 1. The fourth-order valence-corrected chi connectivity index (χ4v) is 1.72. The summed E-state index contributed by atoms with van der Waals surface area (Å²) >= 11 is 0. The largest absolute Gasteiger partial charge is 0.481 e. The maximum Gasteiger partial charge on any atom is 0.410 e. The number of nitrogens with zero attached hydrogens (tertiary/aromatic N) is 2. The lowest BCUT2D eigenvalue weighted by molar-refractivity contribution is -0.142. The van der Waals surface area contributed by atoms with Gasteiger partial charge >= 0.3 is 12.1 Å². The van der Waals surface area contributed by atoms with Gasteiger partial charge in [-0.2, -0.15) is 0 Å². The molecule has 0 saturated carbocycles. The first-order chi connectivity index (χ1) is 8.04. The molecule has 0 aliphatic carbocycles. The highest BCUT2D eigenvalue weighted by molar-refractivity contribution is 5.73. The number of amides is 1. The van der Waals surface area contributed by atoms with E-state index in [-0.39, 0.29) is 13.2 Å². The van der Waals surface area contributed by atoms with E-state index < -0.39 is 18.0 Å². The fraction of sp³-hybridized carbons (Fsp3) is 0.636. The van der Waals surface area contributed by atoms with Crippen LogP contribution < -0.4 is 0 Å². The number of carbonyl (C=O) groups excluding carboxylic acids is 1. The summed E-state index contributed by atoms with van der Waals surface area (Å²) in [4.78, 5) is 26.0. The Kier molecular flexibility index (Phi) is 4.96. The first kappa shape index (κ1) is 13.5. The quantitative estimate of drug-likeness (QED) is 0.719. The molecular weight excluding hydrogens is 224 g/mol. The lowest BCUT2D eigenvalue weighted by Crippen LogP contribution is -2.38. The van der Waals surface area contributed by atoms with Gasteiger partial charge in [-0.15, -0.1) is 0 Å². The van der Waals surface area contributed by atoms with Gasteiger partial charge in [-0.1, -0.05) is 12.7 Å². The van der Waals surface area contributed by atoms with Gasteiger partial charge in [0.2, 0.25) is 0 Å². The Hall–Kier alpha value is -1.56. The van der Waals surface area contributed by atoms with E-state index in [0.29, 0.717) is 19.6 Å². The van der Waals surface area contributed by atoms with Gasteiger partial charge in [-0.25, -0.2) is 4.79 Å². The average molecular weight is 242 g/mol. The summed E-state index contributed by atoms with van der Waals surface area (Å²) in [6.07, 6.45) is 1.00. The number of carbonyl (C=O) groups is 2. The van der Waals surface area contributed by atoms with Crippen molar-refractivity contribution < 1.29 is 19.4 Å². The molecule has 1 heterocycles. The zero-order chi connectivity index (χ0) is 12.8. The zero-order valence-corrected chi connectivity index (χ0v) is 9.96. The monoisotopic (exact) mass is 242 g/mol. The normalized spacial score (nSPS) is 21.7. The number of aliphatic carboxylic acids is 1. The zero-order valence-electron chi connectivity index (χ0n) is 9.96. The fourth-order valence-electron chi connectivity index (χ4n) is 1.72. The first-order valence-electron chi connectivity index (χ1n) is 5.48. The Morgan fingerprint density at radius 3 is 2.76 bits per heavy atom. The Morgan fingerprint density at radius 2 is 2.18 bits per heavy atom. The maximum absolute atomic E-state index is 11.6. The third kappa shape index (κ3) is 4.07. The van der Waals surface area contributed by atoms with Crippen LogP contribution >= 0.6 is 0 Å². The van der Waals surface area contributed by atoms with E-state index in [1.165, 1.54) is 11.0 Å². The van der Waals surface area contributed by atoms with Crippen molar-refractivity contribution >= 4 is 12.1 Å². The summed E-state index contributed by atoms with van der Waals surface area (Å²) in [6.45, 7) is 5.36. The molecular formula is C11H18N2O4. The van der Waals surface area contributed by atoms with E-state index in [4.69, 9.17) is 9.84 Å². The lowest BCUT2D eigenvalue weighted by Gasteiger charge is -2.21. The third-order valence-corrected chi connectivity index (χ3v) is 2.66. The number of carboxylic acids is 1. The van der Waals surface area contributed by atoms with Crippen LogP contribution in [0.2, 0.25) is 0 Å². The second-order valence-electron chi connectivity index (χ2n) is 4.11. The summed E-state index contributed by atoms with van der Waals surface area (Å²) in [6, 6.07) is 0. The molecule has 1 aliphatic rings. The smallest absolute Gasteiger partial charge is 0.410 e. The van der Waals surface area contributed by atoms with Crippen LogP contribution in [-0.2, 0) is 9.53 Å². The molecule has 1 saturated heterocycles. The van der Waals surface area contributed by atoms with Crippen LogP contribution in [0.15, 0.2) is 12.7 Å². The van der Waals surface area contributed by atoms with Crippen molar-refractivity contribution in [1.82, 2.24) is 9.80 Å². The standard InChI is InChI=1S/C11H18N2O4/c1-3-6-17-11(16)13-5-4-12(2)7-9(8-13)10(14)15/h3,9H,1,4-8H2,2H3,(H,14,15). The molecule has 0 spiro atoms. The molecule has 6 heteroatoms. The molecule has 6 nitrogen and oxygen atoms in total. The van der Waals surface area contributed by atoms with Crippen LogP contribution in [0.1, 0.15) is 0 Å². The number of likely N-dealkylation sites (N-methyl/N-ethyl adjacent to an activating group) is 1. The van der Waals surface area contributed by atoms with Crippen LogP contribution in [0.3, 0.4) is 0 Å². The highest BCUT2D eigenvalue weighted by Crippen LogP contribution is 2.10. The summed E-state index contributed by atoms with van der Waals surface area (Å²) in [5.41, 5.74) is 0. The van der Waals surface area contributed by atoms with Crippen molar-refractivity contribution in [3.05, 3.63) is 12.7 Å². The SMILES string of the molecule is C=CCOC(=O)N1CCN(C)CC(C(=O)O)C1. The summed E-state index contributed by atoms with van der Waals surface area (Å²) in [5, 5.41) is 9.04. The Bertz CT molecular complexity index is 306. The molecule has 1 aliphatic heterocycles. The molecule has 0 bridgehead atoms. The predicted molar refractivity (Wildman–Crippen MR) is 61.7 cm³/mol. The minimum Gasteiger partial charge on any atom is -0.481 e. The van der Waals surface area contributed by atoms with Crippen molar-refractivity contribution in [2.45, 2.75) is 0 Å². The Balaban J connectivity index is 2.62. The Morgan fingerprint density at radius 1 is 1.47 bits per heavy atom. The van der Waals surface area contributed by atoms with Crippen molar-refractivity contribution in [2.24, 2.45) is 5.92 Å². The van der Waals surface area contributed by atoms with Gasteiger partial charge in [0.15, 0.2) is 0 Å². The van der Waals surface area contributed by atoms with E-state index in [1.807, 2.05) is 11.9 Å². The highest BCUT2D eigenvalue weighted by atomic mass is 16.6. The molecule has 96 valence electrons. The van der Waals surface area contributed by atoms with Gasteiger partial charge in [0.25, 0.3) is 0 Å². The molecule has 1 amide bonds. The lowest BCUT2D eigenvalue weighted by atomic mass is 10.1. The molecule has 1 fully saturated rings. The number of carboxylic acid groups (broad SMARTS) is 1. The minimum absolute atomic E-state index is 0.142. The summed E-state index contributed by atoms with van der Waals surface area (Å²) < 4.78 is 4.91. The Labute approximate surface area is 100 Å². The topological polar surface area (TPSA) is 70.1 Å². The molecule has 17 heavy (non-hydrogen) atoms. The summed E-state index contributed by atoms with van der Waals surface area (Å²) in [5.74, 6) is -1.46. The van der Waals surface area contributed by atoms with Gasteiger partial charge in [0.05, 0.1) is 5.92 Å². The van der Waals surface area contributed by atoms with Gasteiger partial charge in [0, 0.05) is 26.2 Å². The molecule has 1 N–H and O–H groups in total. The third-order valence-electron chi connectivity index (χ3n) is 2.66. The molecule has 0 aromatic rings. The summed E-state index contributed by atoms with van der Waals surface area (Å²) in [7, 11) is 1.84. The predicted octanol–water partition coefficient (Wildman–Crippen LogP) is 0.257. The molecule has 0 radical (unpaired) electrons. The van der Waals surface area contributed by atoms with Crippen molar-refractivity contribution in [2.75, 3.05) is 39.8 Å². The minimum atomic E-state index is -0.889. The van der Waals surface area contributed by atoms with Crippen LogP contribution in [-0.4, -0.2) is 66.8 Å².